The average Bonchev–Trinajstić information content (AvgIpc) is 2.20. The number of carbonyl (C=O) groups is 1. The third-order valence-electron chi connectivity index (χ3n) is 1.94. The average molecular weight is 387 g/mol. The molecule has 0 aromatic heterocycles. The summed E-state index contributed by atoms with van der Waals surface area (Å²) in [6.45, 7) is 1.76. The van der Waals surface area contributed by atoms with Gasteiger partial charge >= 0.3 is 5.97 Å². The SMILES string of the molecule is COC(=O)c1ccc(I)c(F)c1C(C)Br. The highest BCUT2D eigenvalue weighted by Crippen LogP contribution is 2.30. The molecule has 1 rings (SSSR count). The van der Waals surface area contributed by atoms with Crippen molar-refractivity contribution >= 4 is 44.5 Å². The van der Waals surface area contributed by atoms with Gasteiger partial charge in [0.1, 0.15) is 5.82 Å². The van der Waals surface area contributed by atoms with Crippen molar-refractivity contribution in [2.75, 3.05) is 7.11 Å². The Labute approximate surface area is 109 Å². The Kier molecular flexibility index (Phi) is 4.51. The first-order valence-electron chi connectivity index (χ1n) is 4.19. The molecule has 0 bridgehead atoms. The van der Waals surface area contributed by atoms with Crippen LogP contribution in [-0.4, -0.2) is 13.1 Å². The predicted octanol–water partition coefficient (Wildman–Crippen LogP) is 3.67. The van der Waals surface area contributed by atoms with Crippen LogP contribution in [0.25, 0.3) is 0 Å². The van der Waals surface area contributed by atoms with Crippen molar-refractivity contribution in [2.45, 2.75) is 11.8 Å². The monoisotopic (exact) mass is 386 g/mol. The highest BCUT2D eigenvalue weighted by Gasteiger charge is 2.20. The van der Waals surface area contributed by atoms with Crippen LogP contribution >= 0.6 is 38.5 Å². The maximum Gasteiger partial charge on any atom is 0.338 e. The van der Waals surface area contributed by atoms with E-state index in [0.717, 1.165) is 0 Å². The largest absolute Gasteiger partial charge is 0.465 e. The fourth-order valence-corrected chi connectivity index (χ4v) is 2.16. The van der Waals surface area contributed by atoms with Crippen molar-refractivity contribution < 1.29 is 13.9 Å². The summed E-state index contributed by atoms with van der Waals surface area (Å²) in [6.07, 6.45) is 0. The molecular weight excluding hydrogens is 378 g/mol. The Hall–Kier alpha value is -0.170. The standard InChI is InChI=1S/C10H9BrFIO2/c1-5(11)8-6(10(14)15-2)3-4-7(13)9(8)12/h3-5H,1-2H3. The second kappa shape index (κ2) is 5.25. The summed E-state index contributed by atoms with van der Waals surface area (Å²) in [5, 5.41) is 0. The Morgan fingerprint density at radius 1 is 1.60 bits per heavy atom. The van der Waals surface area contributed by atoms with Gasteiger partial charge in [-0.2, -0.15) is 0 Å². The van der Waals surface area contributed by atoms with Crippen LogP contribution in [0.2, 0.25) is 0 Å². The number of esters is 1. The third kappa shape index (κ3) is 2.69. The highest BCUT2D eigenvalue weighted by atomic mass is 127. The molecule has 0 aliphatic heterocycles. The van der Waals surface area contributed by atoms with Crippen LogP contribution < -0.4 is 0 Å². The summed E-state index contributed by atoms with van der Waals surface area (Å²) in [6, 6.07) is 3.13. The number of benzene rings is 1. The molecule has 0 spiro atoms. The minimum absolute atomic E-state index is 0.235. The molecule has 1 unspecified atom stereocenters. The first kappa shape index (κ1) is 12.9. The molecule has 0 saturated carbocycles. The molecule has 0 fully saturated rings. The van der Waals surface area contributed by atoms with Gasteiger partial charge in [-0.25, -0.2) is 9.18 Å². The van der Waals surface area contributed by atoms with E-state index in [1.165, 1.54) is 7.11 Å². The molecule has 15 heavy (non-hydrogen) atoms. The van der Waals surface area contributed by atoms with E-state index in [9.17, 15) is 9.18 Å². The van der Waals surface area contributed by atoms with E-state index in [1.54, 1.807) is 19.1 Å². The summed E-state index contributed by atoms with van der Waals surface area (Å²) in [4.78, 5) is 11.2. The molecule has 0 aliphatic carbocycles. The lowest BCUT2D eigenvalue weighted by Crippen LogP contribution is -2.09. The van der Waals surface area contributed by atoms with E-state index in [0.29, 0.717) is 9.13 Å². The Morgan fingerprint density at radius 2 is 2.20 bits per heavy atom. The third-order valence-corrected chi connectivity index (χ3v) is 3.23. The molecule has 1 aromatic rings. The van der Waals surface area contributed by atoms with Crippen molar-refractivity contribution in [1.29, 1.82) is 0 Å². The smallest absolute Gasteiger partial charge is 0.338 e. The number of halogens is 3. The fourth-order valence-electron chi connectivity index (χ4n) is 1.24. The Morgan fingerprint density at radius 3 is 2.67 bits per heavy atom. The van der Waals surface area contributed by atoms with E-state index >= 15 is 0 Å². The Bertz CT molecular complexity index is 393. The molecule has 5 heteroatoms. The van der Waals surface area contributed by atoms with Gasteiger partial charge in [0.05, 0.1) is 12.7 Å². The number of carbonyl (C=O) groups excluding carboxylic acids is 1. The van der Waals surface area contributed by atoms with Crippen molar-refractivity contribution in [3.05, 3.63) is 32.6 Å². The van der Waals surface area contributed by atoms with Gasteiger partial charge in [-0.05, 0) is 41.6 Å². The van der Waals surface area contributed by atoms with E-state index in [1.807, 2.05) is 22.6 Å². The molecule has 1 atom stereocenters. The topological polar surface area (TPSA) is 26.3 Å². The number of ether oxygens (including phenoxy) is 1. The highest BCUT2D eigenvalue weighted by molar-refractivity contribution is 14.1. The molecule has 2 nitrogen and oxygen atoms in total. The van der Waals surface area contributed by atoms with Gasteiger partial charge in [0.2, 0.25) is 0 Å². The molecule has 0 radical (unpaired) electrons. The number of methoxy groups -OCH3 is 1. The lowest BCUT2D eigenvalue weighted by atomic mass is 10.0. The number of alkyl halides is 1. The minimum atomic E-state index is -0.522. The van der Waals surface area contributed by atoms with Crippen LogP contribution in [0.15, 0.2) is 12.1 Å². The van der Waals surface area contributed by atoms with Crippen LogP contribution in [0.4, 0.5) is 4.39 Å². The van der Waals surface area contributed by atoms with Crippen molar-refractivity contribution in [1.82, 2.24) is 0 Å². The van der Waals surface area contributed by atoms with E-state index in [-0.39, 0.29) is 16.2 Å². The summed E-state index contributed by atoms with van der Waals surface area (Å²) in [5.74, 6) is -0.894. The number of hydrogen-bond acceptors (Lipinski definition) is 2. The zero-order chi connectivity index (χ0) is 11.6. The van der Waals surface area contributed by atoms with E-state index in [2.05, 4.69) is 20.7 Å². The van der Waals surface area contributed by atoms with Crippen molar-refractivity contribution in [3.63, 3.8) is 0 Å². The van der Waals surface area contributed by atoms with Gasteiger partial charge in [-0.1, -0.05) is 15.9 Å². The molecule has 0 saturated heterocycles. The predicted molar refractivity (Wildman–Crippen MR) is 67.8 cm³/mol. The first-order chi connectivity index (χ1) is 6.99. The van der Waals surface area contributed by atoms with E-state index in [4.69, 9.17) is 0 Å². The van der Waals surface area contributed by atoms with Crippen LogP contribution in [-0.2, 0) is 4.74 Å². The van der Waals surface area contributed by atoms with Crippen LogP contribution in [0.1, 0.15) is 27.7 Å². The van der Waals surface area contributed by atoms with Gasteiger partial charge < -0.3 is 4.74 Å². The molecule has 82 valence electrons. The van der Waals surface area contributed by atoms with Gasteiger partial charge in [-0.3, -0.25) is 0 Å². The second-order valence-electron chi connectivity index (χ2n) is 2.93. The van der Waals surface area contributed by atoms with Crippen molar-refractivity contribution in [2.24, 2.45) is 0 Å². The molecule has 0 aliphatic rings. The first-order valence-corrected chi connectivity index (χ1v) is 6.18. The summed E-state index contributed by atoms with van der Waals surface area (Å²) in [5.41, 5.74) is 0.605. The summed E-state index contributed by atoms with van der Waals surface area (Å²) < 4.78 is 18.8. The summed E-state index contributed by atoms with van der Waals surface area (Å²) in [7, 11) is 1.28. The maximum atomic E-state index is 13.8. The van der Waals surface area contributed by atoms with E-state index < -0.39 is 5.97 Å². The minimum Gasteiger partial charge on any atom is -0.465 e. The summed E-state index contributed by atoms with van der Waals surface area (Å²) >= 11 is 5.15. The van der Waals surface area contributed by atoms with Gasteiger partial charge in [-0.15, -0.1) is 0 Å². The molecule has 0 amide bonds. The fraction of sp³-hybridized carbons (Fsp3) is 0.300. The zero-order valence-corrected chi connectivity index (χ0v) is 11.9. The normalized spacial score (nSPS) is 12.3. The quantitative estimate of drug-likeness (QED) is 0.440. The molecule has 0 N–H and O–H groups in total. The van der Waals surface area contributed by atoms with Gasteiger partial charge in [0.25, 0.3) is 0 Å². The Balaban J connectivity index is 3.40. The molecule has 1 aromatic carbocycles. The maximum absolute atomic E-state index is 13.8. The van der Waals surface area contributed by atoms with Crippen LogP contribution in [0.5, 0.6) is 0 Å². The second-order valence-corrected chi connectivity index (χ2v) is 5.47. The molecular formula is C10H9BrFIO2. The lowest BCUT2D eigenvalue weighted by molar-refractivity contribution is 0.0598. The van der Waals surface area contributed by atoms with Crippen molar-refractivity contribution in [3.8, 4) is 0 Å². The van der Waals surface area contributed by atoms with Gasteiger partial charge in [0, 0.05) is 14.0 Å². The van der Waals surface area contributed by atoms with Crippen LogP contribution in [0.3, 0.4) is 0 Å². The number of rotatable bonds is 2. The lowest BCUT2D eigenvalue weighted by Gasteiger charge is -2.12. The van der Waals surface area contributed by atoms with Crippen LogP contribution in [0, 0.1) is 9.39 Å². The zero-order valence-electron chi connectivity index (χ0n) is 8.18. The number of hydrogen-bond donors (Lipinski definition) is 0. The molecule has 0 heterocycles. The van der Waals surface area contributed by atoms with Gasteiger partial charge in [0.15, 0.2) is 0 Å².